The van der Waals surface area contributed by atoms with Crippen LogP contribution in [0.25, 0.3) is 0 Å². The van der Waals surface area contributed by atoms with E-state index >= 15 is 0 Å². The van der Waals surface area contributed by atoms with Gasteiger partial charge >= 0.3 is 0 Å². The van der Waals surface area contributed by atoms with Gasteiger partial charge < -0.3 is 9.79 Å². The number of thiol groups is 1. The van der Waals surface area contributed by atoms with E-state index in [-0.39, 0.29) is 10.1 Å². The summed E-state index contributed by atoms with van der Waals surface area (Å²) in [4.78, 5) is 19.7. The summed E-state index contributed by atoms with van der Waals surface area (Å²) in [7, 11) is -0.279. The van der Waals surface area contributed by atoms with Crippen molar-refractivity contribution in [1.29, 1.82) is 0 Å². The van der Waals surface area contributed by atoms with Crippen molar-refractivity contribution in [2.24, 2.45) is 5.92 Å². The molecule has 0 rings (SSSR count). The Morgan fingerprint density at radius 2 is 1.47 bits per heavy atom. The van der Waals surface area contributed by atoms with Crippen LogP contribution in [0.3, 0.4) is 0 Å². The zero-order chi connectivity index (χ0) is 14.7. The van der Waals surface area contributed by atoms with Gasteiger partial charge in [-0.05, 0) is 30.3 Å². The molecule has 0 fully saturated rings. The lowest BCUT2D eigenvalue weighted by Crippen LogP contribution is -2.05. The maximum absolute atomic E-state index is 9.83. The second kappa shape index (κ2) is 11.7. The number of rotatable bonds is 11. The summed E-state index contributed by atoms with van der Waals surface area (Å²) in [6.45, 7) is 6.66. The van der Waals surface area contributed by atoms with Crippen LogP contribution in [0.5, 0.6) is 0 Å². The van der Waals surface area contributed by atoms with E-state index in [9.17, 15) is 9.79 Å². The first-order valence-corrected chi connectivity index (χ1v) is 12.6. The average Bonchev–Trinajstić information content (AvgIpc) is 2.29. The summed E-state index contributed by atoms with van der Waals surface area (Å²) in [6, 6.07) is 0. The molecular formula is C14H33O2PS2. The van der Waals surface area contributed by atoms with Crippen molar-refractivity contribution in [3.8, 4) is 0 Å². The molecule has 2 N–H and O–H groups in total. The minimum absolute atomic E-state index is 0.279. The monoisotopic (exact) mass is 328 g/mol. The summed E-state index contributed by atoms with van der Waals surface area (Å²) >= 11 is 4.07. The molecule has 0 amide bonds. The third-order valence-electron chi connectivity index (χ3n) is 3.24. The largest absolute Gasteiger partial charge is 0.341 e. The van der Waals surface area contributed by atoms with Crippen LogP contribution in [-0.2, 0) is 10.1 Å². The fourth-order valence-electron chi connectivity index (χ4n) is 2.05. The Bertz CT molecular complexity index is 266. The molecule has 0 saturated carbocycles. The van der Waals surface area contributed by atoms with Crippen LogP contribution in [0.4, 0.5) is 0 Å². The predicted octanol–water partition coefficient (Wildman–Crippen LogP) is 4.99. The van der Waals surface area contributed by atoms with Gasteiger partial charge in [0, 0.05) is 0 Å². The molecule has 0 spiro atoms. The SMILES string of the molecule is CCCCCCCCS(CCCC(C)C)=P(O)(O)S. The zero-order valence-electron chi connectivity index (χ0n) is 12.8. The first-order chi connectivity index (χ1) is 8.88. The Kier molecular flexibility index (Phi) is 12.3. The van der Waals surface area contributed by atoms with Gasteiger partial charge in [-0.25, -0.2) is 0 Å². The van der Waals surface area contributed by atoms with Gasteiger partial charge in [0.25, 0.3) is 0 Å². The van der Waals surface area contributed by atoms with Crippen molar-refractivity contribution < 1.29 is 9.79 Å². The highest BCUT2D eigenvalue weighted by molar-refractivity contribution is 8.65. The molecule has 118 valence electrons. The molecule has 0 aliphatic heterocycles. The van der Waals surface area contributed by atoms with Gasteiger partial charge in [-0.2, -0.15) is 0 Å². The molecular weight excluding hydrogens is 295 g/mol. The maximum atomic E-state index is 9.83. The molecule has 0 heterocycles. The third kappa shape index (κ3) is 12.5. The summed E-state index contributed by atoms with van der Waals surface area (Å²) < 4.78 is 0. The first-order valence-electron chi connectivity index (χ1n) is 7.63. The van der Waals surface area contributed by atoms with E-state index in [4.69, 9.17) is 0 Å². The Morgan fingerprint density at radius 3 is 2.00 bits per heavy atom. The van der Waals surface area contributed by atoms with Crippen molar-refractivity contribution in [2.75, 3.05) is 11.5 Å². The smallest absolute Gasteiger partial charge is 0.198 e. The highest BCUT2D eigenvalue weighted by atomic mass is 32.9. The van der Waals surface area contributed by atoms with E-state index in [1.165, 1.54) is 38.5 Å². The maximum Gasteiger partial charge on any atom is 0.198 e. The average molecular weight is 329 g/mol. The van der Waals surface area contributed by atoms with Crippen LogP contribution in [0.2, 0.25) is 0 Å². The van der Waals surface area contributed by atoms with E-state index < -0.39 is 5.69 Å². The van der Waals surface area contributed by atoms with Crippen LogP contribution in [0, 0.1) is 5.92 Å². The van der Waals surface area contributed by atoms with Gasteiger partial charge in [0.15, 0.2) is 5.69 Å². The van der Waals surface area contributed by atoms with Gasteiger partial charge in [0.2, 0.25) is 0 Å². The predicted molar refractivity (Wildman–Crippen MR) is 94.9 cm³/mol. The fraction of sp³-hybridized carbons (Fsp3) is 1.00. The topological polar surface area (TPSA) is 40.5 Å². The van der Waals surface area contributed by atoms with Gasteiger partial charge in [-0.3, -0.25) is 0 Å². The van der Waals surface area contributed by atoms with E-state index in [1.807, 2.05) is 0 Å². The molecule has 1 unspecified atom stereocenters. The zero-order valence-corrected chi connectivity index (χ0v) is 15.5. The molecule has 0 aliphatic rings. The highest BCUT2D eigenvalue weighted by Crippen LogP contribution is 2.47. The van der Waals surface area contributed by atoms with E-state index in [1.54, 1.807) is 0 Å². The van der Waals surface area contributed by atoms with Crippen LogP contribution in [0.15, 0.2) is 0 Å². The van der Waals surface area contributed by atoms with Crippen molar-refractivity contribution >= 4 is 28.0 Å². The first kappa shape index (κ1) is 20.1. The second-order valence-corrected chi connectivity index (χ2v) is 14.0. The normalized spacial score (nSPS) is 14.1. The van der Waals surface area contributed by atoms with Crippen molar-refractivity contribution in [3.63, 3.8) is 0 Å². The summed E-state index contributed by atoms with van der Waals surface area (Å²) in [5.74, 6) is 2.59. The molecule has 0 aliphatic carbocycles. The Hall–Kier alpha value is 1.05. The van der Waals surface area contributed by atoms with E-state index in [0.29, 0.717) is 5.92 Å². The van der Waals surface area contributed by atoms with Gasteiger partial charge in [0.1, 0.15) is 0 Å². The van der Waals surface area contributed by atoms with Crippen LogP contribution < -0.4 is 0 Å². The molecule has 0 aromatic carbocycles. The molecule has 2 nitrogen and oxygen atoms in total. The Labute approximate surface area is 127 Å². The molecule has 0 aromatic heterocycles. The Morgan fingerprint density at radius 1 is 0.947 bits per heavy atom. The standard InChI is InChI=1S/C14H33O2PS2/c1-4-5-6-7-8-9-12-19(17(15,16)18)13-10-11-14(2)3/h14-16,18H,4-13H2,1-3H3. The second-order valence-electron chi connectivity index (χ2n) is 5.69. The summed E-state index contributed by atoms with van der Waals surface area (Å²) in [6.07, 6.45) is 9.82. The number of hydrogen-bond acceptors (Lipinski definition) is 0. The minimum atomic E-state index is -2.92. The van der Waals surface area contributed by atoms with Gasteiger partial charge in [0.05, 0.1) is 0 Å². The van der Waals surface area contributed by atoms with Gasteiger partial charge in [-0.1, -0.05) is 71.5 Å². The van der Waals surface area contributed by atoms with Crippen molar-refractivity contribution in [1.82, 2.24) is 0 Å². The fourth-order valence-corrected chi connectivity index (χ4v) is 7.50. The summed E-state index contributed by atoms with van der Waals surface area (Å²) in [5.41, 5.74) is -2.92. The molecule has 1 atom stereocenters. The Balaban J connectivity index is 3.97. The number of hydrogen-bond donors (Lipinski definition) is 3. The third-order valence-corrected chi connectivity index (χ3v) is 10.7. The van der Waals surface area contributed by atoms with Crippen molar-refractivity contribution in [2.45, 2.75) is 72.1 Å². The molecule has 0 radical (unpaired) electrons. The minimum Gasteiger partial charge on any atom is -0.341 e. The summed E-state index contributed by atoms with van der Waals surface area (Å²) in [5, 5.41) is 0. The van der Waals surface area contributed by atoms with Gasteiger partial charge in [-0.15, -0.1) is 10.1 Å². The number of unbranched alkanes of at least 4 members (excludes halogenated alkanes) is 5. The lowest BCUT2D eigenvalue weighted by Gasteiger charge is -2.17. The van der Waals surface area contributed by atoms with E-state index in [2.05, 4.69) is 33.0 Å². The van der Waals surface area contributed by atoms with E-state index in [0.717, 1.165) is 24.3 Å². The molecule has 5 heteroatoms. The highest BCUT2D eigenvalue weighted by Gasteiger charge is 2.11. The van der Waals surface area contributed by atoms with Crippen LogP contribution in [-0.4, -0.2) is 21.3 Å². The molecule has 19 heavy (non-hydrogen) atoms. The molecule has 0 aromatic rings. The lowest BCUT2D eigenvalue weighted by atomic mass is 10.1. The molecule has 0 saturated heterocycles. The molecule has 0 bridgehead atoms. The van der Waals surface area contributed by atoms with Crippen molar-refractivity contribution in [3.05, 3.63) is 0 Å². The quantitative estimate of drug-likeness (QED) is 0.284. The lowest BCUT2D eigenvalue weighted by molar-refractivity contribution is 0.501. The van der Waals surface area contributed by atoms with Crippen LogP contribution in [0.1, 0.15) is 72.1 Å². The van der Waals surface area contributed by atoms with Crippen LogP contribution >= 0.6 is 17.9 Å².